The van der Waals surface area contributed by atoms with Crippen LogP contribution in [0.4, 0.5) is 0 Å². The molecule has 0 aliphatic heterocycles. The minimum atomic E-state index is 0. The average Bonchev–Trinajstić information content (AvgIpc) is 3.34. The Morgan fingerprint density at radius 1 is 1.00 bits per heavy atom. The van der Waals surface area contributed by atoms with E-state index in [1.807, 2.05) is 37.4 Å². The molecule has 0 radical (unpaired) electrons. The van der Waals surface area contributed by atoms with E-state index in [0.717, 1.165) is 30.5 Å². The van der Waals surface area contributed by atoms with Gasteiger partial charge in [-0.2, -0.15) is 0 Å². The molecule has 0 spiro atoms. The van der Waals surface area contributed by atoms with E-state index >= 15 is 0 Å². The fourth-order valence-electron chi connectivity index (χ4n) is 3.69. The first-order chi connectivity index (χ1) is 15.7. The summed E-state index contributed by atoms with van der Waals surface area (Å²) in [5.74, 6) is 3.21. The molecule has 182 valence electrons. The van der Waals surface area contributed by atoms with Gasteiger partial charge in [-0.1, -0.05) is 6.07 Å². The van der Waals surface area contributed by atoms with Gasteiger partial charge in [-0.3, -0.25) is 0 Å². The number of aromatic nitrogens is 1. The molecule has 1 heterocycles. The van der Waals surface area contributed by atoms with Crippen LogP contribution in [-0.2, 0) is 13.1 Å². The Kier molecular flexibility index (Phi) is 11.4. The lowest BCUT2D eigenvalue weighted by Crippen LogP contribution is -2.36. The lowest BCUT2D eigenvalue weighted by Gasteiger charge is -2.15. The van der Waals surface area contributed by atoms with Gasteiger partial charge in [0.15, 0.2) is 17.5 Å². The molecule has 1 aromatic heterocycles. The fourth-order valence-corrected chi connectivity index (χ4v) is 3.69. The number of nitrogens with zero attached hydrogens (tertiary/aromatic N) is 2. The summed E-state index contributed by atoms with van der Waals surface area (Å²) in [5, 5.41) is 6.62. The molecule has 0 unspecified atom stereocenters. The van der Waals surface area contributed by atoms with Crippen molar-refractivity contribution >= 4 is 29.9 Å². The molecule has 1 aliphatic carbocycles. The van der Waals surface area contributed by atoms with Gasteiger partial charge in [-0.05, 0) is 55.9 Å². The van der Waals surface area contributed by atoms with Gasteiger partial charge in [0, 0.05) is 25.4 Å². The molecule has 2 N–H and O–H groups in total. The van der Waals surface area contributed by atoms with Crippen LogP contribution in [0, 0.1) is 0 Å². The van der Waals surface area contributed by atoms with E-state index in [9.17, 15) is 0 Å². The third-order valence-electron chi connectivity index (χ3n) is 5.34. The number of halogens is 1. The van der Waals surface area contributed by atoms with Crippen molar-refractivity contribution in [3.05, 3.63) is 41.6 Å². The molecule has 0 saturated heterocycles. The van der Waals surface area contributed by atoms with E-state index in [2.05, 4.69) is 20.6 Å². The summed E-state index contributed by atoms with van der Waals surface area (Å²) in [4.78, 5) is 9.14. The van der Waals surface area contributed by atoms with E-state index in [0.29, 0.717) is 48.3 Å². The van der Waals surface area contributed by atoms with Gasteiger partial charge in [0.1, 0.15) is 6.10 Å². The summed E-state index contributed by atoms with van der Waals surface area (Å²) >= 11 is 0. The van der Waals surface area contributed by atoms with E-state index in [1.54, 1.807) is 21.3 Å². The SMILES string of the molecule is CCNC(=NCc1cc(OC)c(OC)c(OC)c1)NCc1ccc(OC2CCCC2)nc1.I. The third-order valence-corrected chi connectivity index (χ3v) is 5.34. The molecular formula is C24H35IN4O4. The van der Waals surface area contributed by atoms with Crippen molar-refractivity contribution in [3.63, 3.8) is 0 Å². The molecule has 0 atom stereocenters. The number of hydrogen-bond acceptors (Lipinski definition) is 6. The number of benzene rings is 1. The minimum absolute atomic E-state index is 0. The number of rotatable bonds is 10. The highest BCUT2D eigenvalue weighted by Gasteiger charge is 2.17. The Labute approximate surface area is 213 Å². The van der Waals surface area contributed by atoms with Gasteiger partial charge < -0.3 is 29.6 Å². The van der Waals surface area contributed by atoms with Crippen LogP contribution in [0.2, 0.25) is 0 Å². The zero-order chi connectivity index (χ0) is 22.8. The lowest BCUT2D eigenvalue weighted by molar-refractivity contribution is 0.201. The molecule has 9 heteroatoms. The molecule has 0 amide bonds. The second kappa shape index (κ2) is 14.0. The number of guanidine groups is 1. The summed E-state index contributed by atoms with van der Waals surface area (Å²) in [6.07, 6.45) is 6.90. The summed E-state index contributed by atoms with van der Waals surface area (Å²) in [7, 11) is 4.80. The van der Waals surface area contributed by atoms with Crippen LogP contribution in [0.1, 0.15) is 43.7 Å². The topological polar surface area (TPSA) is 86.2 Å². The van der Waals surface area contributed by atoms with Crippen LogP contribution in [0.15, 0.2) is 35.5 Å². The van der Waals surface area contributed by atoms with E-state index < -0.39 is 0 Å². The summed E-state index contributed by atoms with van der Waals surface area (Å²) in [6, 6.07) is 7.78. The Bertz CT molecular complexity index is 862. The number of hydrogen-bond donors (Lipinski definition) is 2. The van der Waals surface area contributed by atoms with E-state index in [1.165, 1.54) is 12.8 Å². The van der Waals surface area contributed by atoms with Gasteiger partial charge in [0.25, 0.3) is 0 Å². The molecule has 33 heavy (non-hydrogen) atoms. The zero-order valence-corrected chi connectivity index (χ0v) is 22.2. The van der Waals surface area contributed by atoms with Crippen molar-refractivity contribution in [2.24, 2.45) is 4.99 Å². The Morgan fingerprint density at radius 3 is 2.24 bits per heavy atom. The van der Waals surface area contributed by atoms with Crippen LogP contribution >= 0.6 is 24.0 Å². The van der Waals surface area contributed by atoms with Gasteiger partial charge >= 0.3 is 0 Å². The van der Waals surface area contributed by atoms with Crippen molar-refractivity contribution in [2.75, 3.05) is 27.9 Å². The monoisotopic (exact) mass is 570 g/mol. The van der Waals surface area contributed by atoms with Crippen molar-refractivity contribution < 1.29 is 18.9 Å². The molecule has 1 fully saturated rings. The Morgan fingerprint density at radius 2 is 1.70 bits per heavy atom. The summed E-state index contributed by atoms with van der Waals surface area (Å²) < 4.78 is 22.2. The fraction of sp³-hybridized carbons (Fsp3) is 0.500. The number of nitrogens with one attached hydrogen (secondary N) is 2. The van der Waals surface area contributed by atoms with Gasteiger partial charge in [-0.15, -0.1) is 24.0 Å². The zero-order valence-electron chi connectivity index (χ0n) is 19.8. The largest absolute Gasteiger partial charge is 0.493 e. The van der Waals surface area contributed by atoms with Crippen LogP contribution < -0.4 is 29.6 Å². The molecule has 1 aromatic carbocycles. The highest BCUT2D eigenvalue weighted by Crippen LogP contribution is 2.38. The van der Waals surface area contributed by atoms with E-state index in [4.69, 9.17) is 18.9 Å². The number of pyridine rings is 1. The van der Waals surface area contributed by atoms with Crippen molar-refractivity contribution in [2.45, 2.75) is 51.8 Å². The average molecular weight is 570 g/mol. The van der Waals surface area contributed by atoms with Crippen molar-refractivity contribution in [1.82, 2.24) is 15.6 Å². The predicted octanol–water partition coefficient (Wildman–Crippen LogP) is 4.30. The number of aliphatic imine (C=N–C) groups is 1. The molecular weight excluding hydrogens is 535 g/mol. The van der Waals surface area contributed by atoms with E-state index in [-0.39, 0.29) is 24.0 Å². The number of methoxy groups -OCH3 is 3. The van der Waals surface area contributed by atoms with Gasteiger partial charge in [-0.25, -0.2) is 9.98 Å². The first kappa shape index (κ1) is 26.8. The van der Waals surface area contributed by atoms with Gasteiger partial charge in [0.05, 0.1) is 27.9 Å². The maximum absolute atomic E-state index is 5.94. The Hall–Kier alpha value is -2.43. The lowest BCUT2D eigenvalue weighted by atomic mass is 10.2. The highest BCUT2D eigenvalue weighted by atomic mass is 127. The maximum atomic E-state index is 5.94. The maximum Gasteiger partial charge on any atom is 0.213 e. The summed E-state index contributed by atoms with van der Waals surface area (Å²) in [6.45, 7) is 3.86. The van der Waals surface area contributed by atoms with Crippen LogP contribution in [0.5, 0.6) is 23.1 Å². The second-order valence-corrected chi connectivity index (χ2v) is 7.61. The van der Waals surface area contributed by atoms with Crippen LogP contribution in [0.25, 0.3) is 0 Å². The molecule has 1 saturated carbocycles. The first-order valence-electron chi connectivity index (χ1n) is 11.1. The molecule has 2 aromatic rings. The smallest absolute Gasteiger partial charge is 0.213 e. The summed E-state index contributed by atoms with van der Waals surface area (Å²) in [5.41, 5.74) is 2.01. The first-order valence-corrected chi connectivity index (χ1v) is 11.1. The Balaban J connectivity index is 0.00000385. The quantitative estimate of drug-likeness (QED) is 0.250. The minimum Gasteiger partial charge on any atom is -0.493 e. The normalized spacial score (nSPS) is 13.8. The molecule has 8 nitrogen and oxygen atoms in total. The molecule has 3 rings (SSSR count). The predicted molar refractivity (Wildman–Crippen MR) is 140 cm³/mol. The standard InChI is InChI=1S/C24H34N4O4.HI/c1-5-25-24(28-16-18-12-20(29-2)23(31-4)21(13-18)30-3)27-15-17-10-11-22(26-14-17)32-19-8-6-7-9-19;/h10-14,19H,5-9,15-16H2,1-4H3,(H2,25,27,28);1H. The third kappa shape index (κ3) is 7.83. The van der Waals surface area contributed by atoms with Crippen molar-refractivity contribution in [1.29, 1.82) is 0 Å². The second-order valence-electron chi connectivity index (χ2n) is 7.61. The highest BCUT2D eigenvalue weighted by molar-refractivity contribution is 14.0. The van der Waals surface area contributed by atoms with Gasteiger partial charge in [0.2, 0.25) is 11.6 Å². The molecule has 0 bridgehead atoms. The number of ether oxygens (including phenoxy) is 4. The van der Waals surface area contributed by atoms with Crippen molar-refractivity contribution in [3.8, 4) is 23.1 Å². The molecule has 1 aliphatic rings. The van der Waals surface area contributed by atoms with Crippen LogP contribution in [-0.4, -0.2) is 44.9 Å². The van der Waals surface area contributed by atoms with Crippen LogP contribution in [0.3, 0.4) is 0 Å².